The largest absolute Gasteiger partial charge is 0.424 e. The Labute approximate surface area is 124 Å². The van der Waals surface area contributed by atoms with Crippen LogP contribution in [-0.4, -0.2) is 14.9 Å². The molecule has 0 radical (unpaired) electrons. The van der Waals surface area contributed by atoms with Crippen LogP contribution in [0.2, 0.25) is 0 Å². The zero-order valence-electron chi connectivity index (χ0n) is 11.0. The summed E-state index contributed by atoms with van der Waals surface area (Å²) in [5.74, 6) is 0.514. The second-order valence-electron chi connectivity index (χ2n) is 4.27. The number of benzene rings is 1. The van der Waals surface area contributed by atoms with Crippen molar-refractivity contribution in [2.45, 2.75) is 19.2 Å². The summed E-state index contributed by atoms with van der Waals surface area (Å²) in [7, 11) is 0. The zero-order chi connectivity index (χ0) is 14.7. The molecule has 1 aromatic heterocycles. The van der Waals surface area contributed by atoms with Crippen LogP contribution in [0.5, 0.6) is 11.8 Å². The van der Waals surface area contributed by atoms with Crippen molar-refractivity contribution in [3.63, 3.8) is 0 Å². The number of ether oxygens (including phenoxy) is 1. The van der Waals surface area contributed by atoms with Crippen LogP contribution in [-0.2, 0) is 5.33 Å². The predicted molar refractivity (Wildman–Crippen MR) is 77.3 cm³/mol. The predicted octanol–water partition coefficient (Wildman–Crippen LogP) is 3.69. The van der Waals surface area contributed by atoms with Gasteiger partial charge in [0.25, 0.3) is 5.69 Å². The van der Waals surface area contributed by atoms with Gasteiger partial charge in [0, 0.05) is 29.4 Å². The van der Waals surface area contributed by atoms with Crippen molar-refractivity contribution < 1.29 is 9.66 Å². The Morgan fingerprint density at radius 2 is 1.90 bits per heavy atom. The molecule has 20 heavy (non-hydrogen) atoms. The number of alkyl halides is 1. The van der Waals surface area contributed by atoms with Crippen LogP contribution in [0.25, 0.3) is 0 Å². The molecule has 0 fully saturated rings. The second kappa shape index (κ2) is 5.96. The molecule has 0 aliphatic carbocycles. The molecule has 104 valence electrons. The maximum Gasteiger partial charge on any atom is 0.321 e. The lowest BCUT2D eigenvalue weighted by Crippen LogP contribution is -1.97. The third kappa shape index (κ3) is 3.11. The first-order valence-electron chi connectivity index (χ1n) is 5.81. The van der Waals surface area contributed by atoms with Crippen LogP contribution < -0.4 is 4.74 Å². The number of nitro groups is 1. The van der Waals surface area contributed by atoms with Crippen molar-refractivity contribution in [2.24, 2.45) is 0 Å². The van der Waals surface area contributed by atoms with Gasteiger partial charge in [-0.25, -0.2) is 9.97 Å². The molecule has 0 amide bonds. The first-order chi connectivity index (χ1) is 9.51. The summed E-state index contributed by atoms with van der Waals surface area (Å²) in [6, 6.07) is 3.32. The molecule has 0 bridgehead atoms. The van der Waals surface area contributed by atoms with Crippen molar-refractivity contribution in [1.82, 2.24) is 9.97 Å². The molecule has 0 aliphatic heterocycles. The summed E-state index contributed by atoms with van der Waals surface area (Å²) < 4.78 is 5.56. The van der Waals surface area contributed by atoms with Crippen molar-refractivity contribution >= 4 is 21.6 Å². The highest BCUT2D eigenvalue weighted by Crippen LogP contribution is 2.29. The van der Waals surface area contributed by atoms with E-state index < -0.39 is 4.92 Å². The maximum absolute atomic E-state index is 10.8. The Bertz CT molecular complexity index is 644. The summed E-state index contributed by atoms with van der Waals surface area (Å²) >= 11 is 3.31. The third-order valence-electron chi connectivity index (χ3n) is 2.73. The summed E-state index contributed by atoms with van der Waals surface area (Å²) in [4.78, 5) is 18.6. The molecule has 6 nitrogen and oxygen atoms in total. The number of rotatable bonds is 4. The van der Waals surface area contributed by atoms with E-state index in [1.54, 1.807) is 32.3 Å². The molecule has 0 unspecified atom stereocenters. The van der Waals surface area contributed by atoms with E-state index in [1.165, 1.54) is 6.07 Å². The first kappa shape index (κ1) is 14.4. The van der Waals surface area contributed by atoms with Crippen LogP contribution in [0.3, 0.4) is 0 Å². The van der Waals surface area contributed by atoms with E-state index in [0.717, 1.165) is 5.56 Å². The molecular weight excluding hydrogens is 326 g/mol. The topological polar surface area (TPSA) is 78.2 Å². The van der Waals surface area contributed by atoms with Crippen molar-refractivity contribution in [2.75, 3.05) is 0 Å². The van der Waals surface area contributed by atoms with Crippen LogP contribution in [0.1, 0.15) is 16.7 Å². The van der Waals surface area contributed by atoms with Crippen LogP contribution in [0, 0.1) is 24.0 Å². The summed E-state index contributed by atoms with van der Waals surface area (Å²) in [6.07, 6.45) is 3.31. The number of halogens is 1. The van der Waals surface area contributed by atoms with Gasteiger partial charge in [0.2, 0.25) is 0 Å². The van der Waals surface area contributed by atoms with E-state index in [2.05, 4.69) is 25.9 Å². The van der Waals surface area contributed by atoms with E-state index in [1.807, 2.05) is 0 Å². The van der Waals surface area contributed by atoms with Gasteiger partial charge in [0.1, 0.15) is 5.75 Å². The zero-order valence-corrected chi connectivity index (χ0v) is 12.5. The SMILES string of the molecule is Cc1cc([N+](=O)[O-])c(C)cc1Oc1ncc(CBr)cn1. The van der Waals surface area contributed by atoms with Crippen molar-refractivity contribution in [3.8, 4) is 11.8 Å². The van der Waals surface area contributed by atoms with Gasteiger partial charge >= 0.3 is 6.01 Å². The lowest BCUT2D eigenvalue weighted by Gasteiger charge is -2.08. The second-order valence-corrected chi connectivity index (χ2v) is 4.83. The van der Waals surface area contributed by atoms with Crippen LogP contribution in [0.4, 0.5) is 5.69 Å². The fourth-order valence-electron chi connectivity index (χ4n) is 1.64. The summed E-state index contributed by atoms with van der Waals surface area (Å²) in [6.45, 7) is 3.41. The quantitative estimate of drug-likeness (QED) is 0.483. The minimum Gasteiger partial charge on any atom is -0.424 e. The molecule has 0 aliphatic rings. The molecule has 0 atom stereocenters. The molecule has 1 aromatic carbocycles. The Morgan fingerprint density at radius 3 is 2.45 bits per heavy atom. The highest BCUT2D eigenvalue weighted by atomic mass is 79.9. The molecule has 0 spiro atoms. The van der Waals surface area contributed by atoms with Gasteiger partial charge in [-0.1, -0.05) is 15.9 Å². The average Bonchev–Trinajstić information content (AvgIpc) is 2.43. The number of hydrogen-bond donors (Lipinski definition) is 0. The Balaban J connectivity index is 2.29. The Kier molecular flexibility index (Phi) is 4.29. The van der Waals surface area contributed by atoms with Gasteiger partial charge in [-0.15, -0.1) is 0 Å². The number of aryl methyl sites for hydroxylation is 2. The van der Waals surface area contributed by atoms with Crippen molar-refractivity contribution in [3.05, 3.63) is 51.3 Å². The maximum atomic E-state index is 10.8. The molecule has 0 saturated carbocycles. The van der Waals surface area contributed by atoms with Gasteiger partial charge < -0.3 is 4.74 Å². The monoisotopic (exact) mass is 337 g/mol. The van der Waals surface area contributed by atoms with E-state index in [9.17, 15) is 10.1 Å². The van der Waals surface area contributed by atoms with Crippen LogP contribution >= 0.6 is 15.9 Å². The minimum atomic E-state index is -0.409. The fourth-order valence-corrected chi connectivity index (χ4v) is 1.93. The highest BCUT2D eigenvalue weighted by Gasteiger charge is 2.15. The summed E-state index contributed by atoms with van der Waals surface area (Å²) in [5, 5.41) is 11.5. The van der Waals surface area contributed by atoms with Gasteiger partial charge in [0.15, 0.2) is 0 Å². The fraction of sp³-hybridized carbons (Fsp3) is 0.231. The first-order valence-corrected chi connectivity index (χ1v) is 6.93. The summed E-state index contributed by atoms with van der Waals surface area (Å²) in [5.41, 5.74) is 2.21. The third-order valence-corrected chi connectivity index (χ3v) is 3.37. The molecule has 0 saturated heterocycles. The number of nitrogens with zero attached hydrogens (tertiary/aromatic N) is 3. The van der Waals surface area contributed by atoms with Gasteiger partial charge in [-0.05, 0) is 31.0 Å². The average molecular weight is 338 g/mol. The van der Waals surface area contributed by atoms with E-state index in [4.69, 9.17) is 4.74 Å². The Morgan fingerprint density at radius 1 is 1.25 bits per heavy atom. The molecular formula is C13H12BrN3O3. The Hall–Kier alpha value is -2.02. The number of aromatic nitrogens is 2. The molecule has 0 N–H and O–H groups in total. The lowest BCUT2D eigenvalue weighted by atomic mass is 10.1. The van der Waals surface area contributed by atoms with Crippen LogP contribution in [0.15, 0.2) is 24.5 Å². The molecule has 7 heteroatoms. The van der Waals surface area contributed by atoms with Crippen molar-refractivity contribution in [1.29, 1.82) is 0 Å². The van der Waals surface area contributed by atoms with E-state index in [0.29, 0.717) is 22.2 Å². The number of hydrogen-bond acceptors (Lipinski definition) is 5. The smallest absolute Gasteiger partial charge is 0.321 e. The van der Waals surface area contributed by atoms with E-state index in [-0.39, 0.29) is 11.7 Å². The van der Waals surface area contributed by atoms with Gasteiger partial charge in [0.05, 0.1) is 4.92 Å². The highest BCUT2D eigenvalue weighted by molar-refractivity contribution is 9.08. The van der Waals surface area contributed by atoms with Gasteiger partial charge in [-0.2, -0.15) is 0 Å². The number of nitro benzene ring substituents is 1. The molecule has 2 rings (SSSR count). The van der Waals surface area contributed by atoms with E-state index >= 15 is 0 Å². The van der Waals surface area contributed by atoms with Gasteiger partial charge in [-0.3, -0.25) is 10.1 Å². The lowest BCUT2D eigenvalue weighted by molar-refractivity contribution is -0.385. The molecule has 2 aromatic rings. The standard InChI is InChI=1S/C13H12BrN3O3/c1-8-4-12(9(2)3-11(8)17(18)19)20-13-15-6-10(5-14)7-16-13/h3-4,6-7H,5H2,1-2H3. The minimum absolute atomic E-state index is 0.0744. The molecule has 1 heterocycles. The normalized spacial score (nSPS) is 10.3.